The summed E-state index contributed by atoms with van der Waals surface area (Å²) in [6.45, 7) is 0.218. The van der Waals surface area contributed by atoms with Gasteiger partial charge in [-0.25, -0.2) is 14.8 Å². The number of esters is 1. The van der Waals surface area contributed by atoms with Crippen molar-refractivity contribution in [1.82, 2.24) is 14.9 Å². The lowest BCUT2D eigenvalue weighted by Gasteiger charge is -2.22. The molecule has 134 valence electrons. The lowest BCUT2D eigenvalue weighted by molar-refractivity contribution is -0.145. The van der Waals surface area contributed by atoms with Gasteiger partial charge in [-0.15, -0.1) is 0 Å². The van der Waals surface area contributed by atoms with Gasteiger partial charge < -0.3 is 14.5 Å². The zero-order chi connectivity index (χ0) is 18.5. The van der Waals surface area contributed by atoms with Crippen LogP contribution in [0.15, 0.2) is 47.9 Å². The number of hydrogen-bond acceptors (Lipinski definition) is 7. The molecular formula is C18H18N4O4. The van der Waals surface area contributed by atoms with Gasteiger partial charge in [-0.3, -0.25) is 4.79 Å². The molecule has 1 aliphatic heterocycles. The molecule has 0 unspecified atom stereocenters. The molecule has 0 radical (unpaired) electrons. The van der Waals surface area contributed by atoms with Crippen molar-refractivity contribution < 1.29 is 19.2 Å². The second-order valence-corrected chi connectivity index (χ2v) is 5.67. The first-order valence-electron chi connectivity index (χ1n) is 7.99. The summed E-state index contributed by atoms with van der Waals surface area (Å²) in [6, 6.07) is 7.95. The molecule has 3 rings (SSSR count). The molecule has 1 fully saturated rings. The fourth-order valence-corrected chi connectivity index (χ4v) is 2.84. The van der Waals surface area contributed by atoms with Gasteiger partial charge in [0, 0.05) is 29.9 Å². The zero-order valence-electron chi connectivity index (χ0n) is 14.5. The van der Waals surface area contributed by atoms with Crippen molar-refractivity contribution in [3.63, 3.8) is 0 Å². The Bertz CT molecular complexity index is 821. The Morgan fingerprint density at radius 1 is 1.15 bits per heavy atom. The van der Waals surface area contributed by atoms with Gasteiger partial charge >= 0.3 is 5.97 Å². The van der Waals surface area contributed by atoms with Crippen LogP contribution < -0.4 is 0 Å². The second-order valence-electron chi connectivity index (χ2n) is 5.67. The van der Waals surface area contributed by atoms with E-state index in [9.17, 15) is 9.59 Å². The SMILES string of the molecule is CON=C1C[C@@H](C(=O)OC)N(C(=O)c2ccc(-c3ncccn3)cc2)C1. The monoisotopic (exact) mass is 354 g/mol. The number of carbonyl (C=O) groups excluding carboxylic acids is 2. The molecule has 1 amide bonds. The van der Waals surface area contributed by atoms with Crippen LogP contribution in [-0.2, 0) is 14.4 Å². The predicted molar refractivity (Wildman–Crippen MR) is 93.4 cm³/mol. The second kappa shape index (κ2) is 7.73. The summed E-state index contributed by atoms with van der Waals surface area (Å²) < 4.78 is 4.81. The molecule has 1 saturated heterocycles. The Kier molecular flexibility index (Phi) is 5.21. The van der Waals surface area contributed by atoms with E-state index in [1.54, 1.807) is 42.7 Å². The lowest BCUT2D eigenvalue weighted by atomic mass is 10.1. The van der Waals surface area contributed by atoms with E-state index in [4.69, 9.17) is 9.57 Å². The minimum Gasteiger partial charge on any atom is -0.467 e. The number of oxime groups is 1. The van der Waals surface area contributed by atoms with Crippen LogP contribution in [-0.4, -0.2) is 59.3 Å². The van der Waals surface area contributed by atoms with E-state index in [-0.39, 0.29) is 12.5 Å². The number of ether oxygens (including phenoxy) is 1. The fraction of sp³-hybridized carbons (Fsp3) is 0.278. The average Bonchev–Trinajstić information content (AvgIpc) is 3.12. The van der Waals surface area contributed by atoms with Crippen molar-refractivity contribution in [3.8, 4) is 11.4 Å². The Labute approximate surface area is 150 Å². The van der Waals surface area contributed by atoms with Gasteiger partial charge in [0.2, 0.25) is 0 Å². The van der Waals surface area contributed by atoms with Crippen LogP contribution in [0.2, 0.25) is 0 Å². The highest BCUT2D eigenvalue weighted by atomic mass is 16.6. The molecule has 2 aromatic rings. The van der Waals surface area contributed by atoms with Crippen molar-refractivity contribution in [3.05, 3.63) is 48.3 Å². The maximum absolute atomic E-state index is 12.9. The van der Waals surface area contributed by atoms with Crippen LogP contribution in [0.4, 0.5) is 0 Å². The van der Waals surface area contributed by atoms with Crippen molar-refractivity contribution in [2.24, 2.45) is 5.16 Å². The fourth-order valence-electron chi connectivity index (χ4n) is 2.84. The minimum atomic E-state index is -0.710. The average molecular weight is 354 g/mol. The lowest BCUT2D eigenvalue weighted by Crippen LogP contribution is -2.41. The molecule has 0 aliphatic carbocycles. The maximum atomic E-state index is 12.9. The number of amides is 1. The molecular weight excluding hydrogens is 336 g/mol. The van der Waals surface area contributed by atoms with Gasteiger partial charge in [-0.05, 0) is 18.2 Å². The Morgan fingerprint density at radius 3 is 2.46 bits per heavy atom. The number of hydrogen-bond donors (Lipinski definition) is 0. The quantitative estimate of drug-likeness (QED) is 0.611. The topological polar surface area (TPSA) is 94.0 Å². The van der Waals surface area contributed by atoms with Crippen LogP contribution in [0.3, 0.4) is 0 Å². The van der Waals surface area contributed by atoms with E-state index in [1.807, 2.05) is 0 Å². The highest BCUT2D eigenvalue weighted by molar-refractivity contribution is 6.04. The van der Waals surface area contributed by atoms with E-state index >= 15 is 0 Å². The van der Waals surface area contributed by atoms with Gasteiger partial charge in [0.25, 0.3) is 5.91 Å². The van der Waals surface area contributed by atoms with Crippen molar-refractivity contribution in [1.29, 1.82) is 0 Å². The van der Waals surface area contributed by atoms with E-state index < -0.39 is 12.0 Å². The van der Waals surface area contributed by atoms with Gasteiger partial charge in [0.1, 0.15) is 13.2 Å². The first kappa shape index (κ1) is 17.5. The van der Waals surface area contributed by atoms with Crippen molar-refractivity contribution in [2.75, 3.05) is 20.8 Å². The molecule has 0 bridgehead atoms. The number of carbonyl (C=O) groups is 2. The van der Waals surface area contributed by atoms with Crippen LogP contribution >= 0.6 is 0 Å². The molecule has 1 aliphatic rings. The Morgan fingerprint density at radius 2 is 1.85 bits per heavy atom. The van der Waals surface area contributed by atoms with E-state index in [2.05, 4.69) is 15.1 Å². The first-order chi connectivity index (χ1) is 12.6. The van der Waals surface area contributed by atoms with E-state index in [0.29, 0.717) is 23.5 Å². The summed E-state index contributed by atoms with van der Waals surface area (Å²) in [6.07, 6.45) is 3.61. The van der Waals surface area contributed by atoms with Crippen molar-refractivity contribution >= 4 is 17.6 Å². The molecule has 1 aromatic heterocycles. The summed E-state index contributed by atoms with van der Waals surface area (Å²) in [5, 5.41) is 3.87. The molecule has 0 spiro atoms. The third-order valence-electron chi connectivity index (χ3n) is 4.07. The minimum absolute atomic E-state index is 0.218. The molecule has 26 heavy (non-hydrogen) atoms. The smallest absolute Gasteiger partial charge is 0.329 e. The molecule has 0 N–H and O–H groups in total. The number of rotatable bonds is 4. The van der Waals surface area contributed by atoms with Crippen LogP contribution in [0, 0.1) is 0 Å². The molecule has 2 heterocycles. The zero-order valence-corrected chi connectivity index (χ0v) is 14.5. The highest BCUT2D eigenvalue weighted by Crippen LogP contribution is 2.22. The van der Waals surface area contributed by atoms with Crippen molar-refractivity contribution in [2.45, 2.75) is 12.5 Å². The van der Waals surface area contributed by atoms with Gasteiger partial charge in [0.15, 0.2) is 5.82 Å². The standard InChI is InChI=1S/C18H18N4O4/c1-25-18(24)15-10-14(21-26-2)11-22(15)17(23)13-6-4-12(5-7-13)16-19-8-3-9-20-16/h3-9,15H,10-11H2,1-2H3/t15-/m0/s1. The molecule has 8 heteroatoms. The van der Waals surface area contributed by atoms with E-state index in [0.717, 1.165) is 5.56 Å². The largest absolute Gasteiger partial charge is 0.467 e. The third kappa shape index (κ3) is 3.53. The normalized spacial score (nSPS) is 18.0. The maximum Gasteiger partial charge on any atom is 0.329 e. The summed E-state index contributed by atoms with van der Waals surface area (Å²) >= 11 is 0. The van der Waals surface area contributed by atoms with Crippen LogP contribution in [0.25, 0.3) is 11.4 Å². The summed E-state index contributed by atoms with van der Waals surface area (Å²) in [7, 11) is 2.72. The Hall–Kier alpha value is -3.29. The summed E-state index contributed by atoms with van der Waals surface area (Å²) in [4.78, 5) is 39.5. The van der Waals surface area contributed by atoms with Crippen LogP contribution in [0.5, 0.6) is 0 Å². The number of benzene rings is 1. The molecule has 8 nitrogen and oxygen atoms in total. The van der Waals surface area contributed by atoms with E-state index in [1.165, 1.54) is 19.1 Å². The molecule has 1 aromatic carbocycles. The summed E-state index contributed by atoms with van der Waals surface area (Å²) in [5.41, 5.74) is 1.87. The first-order valence-corrected chi connectivity index (χ1v) is 7.99. The van der Waals surface area contributed by atoms with Gasteiger partial charge in [-0.2, -0.15) is 0 Å². The Balaban J connectivity index is 1.83. The number of likely N-dealkylation sites (tertiary alicyclic amines) is 1. The third-order valence-corrected chi connectivity index (χ3v) is 4.07. The highest BCUT2D eigenvalue weighted by Gasteiger charge is 2.39. The number of nitrogens with zero attached hydrogens (tertiary/aromatic N) is 4. The predicted octanol–water partition coefficient (Wildman–Crippen LogP) is 1.53. The molecule has 1 atom stereocenters. The summed E-state index contributed by atoms with van der Waals surface area (Å²) in [5.74, 6) is -0.175. The van der Waals surface area contributed by atoms with Gasteiger partial charge in [-0.1, -0.05) is 17.3 Å². The van der Waals surface area contributed by atoms with Gasteiger partial charge in [0.05, 0.1) is 19.4 Å². The number of aromatic nitrogens is 2. The van der Waals surface area contributed by atoms with Crippen LogP contribution in [0.1, 0.15) is 16.8 Å². The molecule has 0 saturated carbocycles. The number of methoxy groups -OCH3 is 1.